The third-order valence-corrected chi connectivity index (χ3v) is 5.08. The Kier molecular flexibility index (Phi) is 4.66. The molecule has 136 valence electrons. The highest BCUT2D eigenvalue weighted by Crippen LogP contribution is 2.34. The quantitative estimate of drug-likeness (QED) is 0.774. The fourth-order valence-electron chi connectivity index (χ4n) is 3.71. The molecule has 1 fully saturated rings. The molecule has 0 bridgehead atoms. The van der Waals surface area contributed by atoms with Gasteiger partial charge in [-0.15, -0.1) is 0 Å². The zero-order valence-electron chi connectivity index (χ0n) is 15.2. The van der Waals surface area contributed by atoms with Gasteiger partial charge in [0.05, 0.1) is 18.9 Å². The van der Waals surface area contributed by atoms with Crippen molar-refractivity contribution in [1.29, 1.82) is 0 Å². The van der Waals surface area contributed by atoms with E-state index < -0.39 is 0 Å². The smallest absolute Gasteiger partial charge is 0.227 e. The lowest BCUT2D eigenvalue weighted by molar-refractivity contribution is 0.0660. The van der Waals surface area contributed by atoms with Gasteiger partial charge in [0.1, 0.15) is 11.5 Å². The molecular weight excluding hydrogens is 328 g/mol. The van der Waals surface area contributed by atoms with Gasteiger partial charge in [-0.1, -0.05) is 24.3 Å². The molecule has 3 aromatic rings. The second kappa shape index (κ2) is 7.09. The molecule has 0 radical (unpaired) electrons. The fraction of sp³-hybridized carbons (Fsp3) is 0.381. The molecule has 1 aromatic heterocycles. The zero-order chi connectivity index (χ0) is 18.1. The van der Waals surface area contributed by atoms with Crippen molar-refractivity contribution >= 4 is 10.8 Å². The topological polar surface area (TPSA) is 58.7 Å². The van der Waals surface area contributed by atoms with Gasteiger partial charge < -0.3 is 14.3 Å². The Morgan fingerprint density at radius 3 is 2.81 bits per heavy atom. The molecule has 0 aliphatic carbocycles. The van der Waals surface area contributed by atoms with Crippen LogP contribution in [0.5, 0.6) is 5.75 Å². The first kappa shape index (κ1) is 17.1. The summed E-state index contributed by atoms with van der Waals surface area (Å²) in [7, 11) is 1.68. The maximum Gasteiger partial charge on any atom is 0.227 e. The molecule has 2 heterocycles. The number of piperidine rings is 1. The van der Waals surface area contributed by atoms with Gasteiger partial charge in [-0.2, -0.15) is 0 Å². The van der Waals surface area contributed by atoms with E-state index in [1.807, 2.05) is 37.3 Å². The largest absolute Gasteiger partial charge is 0.496 e. The average Bonchev–Trinajstić information content (AvgIpc) is 3.01. The van der Waals surface area contributed by atoms with Gasteiger partial charge in [0.2, 0.25) is 5.89 Å². The van der Waals surface area contributed by atoms with E-state index in [0.717, 1.165) is 52.9 Å². The Morgan fingerprint density at radius 2 is 2.04 bits per heavy atom. The van der Waals surface area contributed by atoms with Crippen LogP contribution in [0.1, 0.15) is 24.3 Å². The normalized spacial score (nSPS) is 18.3. The van der Waals surface area contributed by atoms with Crippen molar-refractivity contribution < 1.29 is 14.3 Å². The second-order valence-electron chi connectivity index (χ2n) is 6.91. The Labute approximate surface area is 153 Å². The van der Waals surface area contributed by atoms with Crippen molar-refractivity contribution in [1.82, 2.24) is 9.88 Å². The third-order valence-electron chi connectivity index (χ3n) is 5.08. The molecule has 0 unspecified atom stereocenters. The van der Waals surface area contributed by atoms with Crippen LogP contribution in [-0.4, -0.2) is 41.3 Å². The summed E-state index contributed by atoms with van der Waals surface area (Å²) in [5.74, 6) is 2.31. The van der Waals surface area contributed by atoms with E-state index in [1.165, 1.54) is 0 Å². The second-order valence-corrected chi connectivity index (χ2v) is 6.91. The molecule has 1 atom stereocenters. The highest BCUT2D eigenvalue weighted by molar-refractivity contribution is 5.98. The minimum atomic E-state index is -0.235. The van der Waals surface area contributed by atoms with Gasteiger partial charge in [-0.3, -0.25) is 4.90 Å². The summed E-state index contributed by atoms with van der Waals surface area (Å²) in [6.45, 7) is 4.36. The lowest BCUT2D eigenvalue weighted by atomic mass is 10.0. The SMILES string of the molecule is COc1ccc(-c2nc(CN3CCC[C@H](O)C3)c(C)o2)c2ccccc12. The number of likely N-dealkylation sites (tertiary alicyclic amines) is 1. The number of aryl methyl sites for hydroxylation is 1. The van der Waals surface area contributed by atoms with E-state index >= 15 is 0 Å². The number of hydrogen-bond donors (Lipinski definition) is 1. The molecule has 0 saturated carbocycles. The van der Waals surface area contributed by atoms with Crippen LogP contribution in [0, 0.1) is 6.92 Å². The number of nitrogens with zero attached hydrogens (tertiary/aromatic N) is 2. The molecule has 5 nitrogen and oxygen atoms in total. The molecule has 0 spiro atoms. The maximum absolute atomic E-state index is 9.88. The predicted octanol–water partition coefficient (Wildman–Crippen LogP) is 3.77. The minimum absolute atomic E-state index is 0.235. The minimum Gasteiger partial charge on any atom is -0.496 e. The Bertz CT molecular complexity index is 919. The van der Waals surface area contributed by atoms with Crippen LogP contribution in [0.4, 0.5) is 0 Å². The molecule has 1 aliphatic rings. The van der Waals surface area contributed by atoms with Crippen molar-refractivity contribution in [2.45, 2.75) is 32.4 Å². The van der Waals surface area contributed by atoms with Gasteiger partial charge in [0.15, 0.2) is 0 Å². The van der Waals surface area contributed by atoms with Crippen molar-refractivity contribution in [3.63, 3.8) is 0 Å². The van der Waals surface area contributed by atoms with Crippen molar-refractivity contribution in [2.24, 2.45) is 0 Å². The Balaban J connectivity index is 1.68. The van der Waals surface area contributed by atoms with Crippen molar-refractivity contribution in [2.75, 3.05) is 20.2 Å². The fourth-order valence-corrected chi connectivity index (χ4v) is 3.71. The van der Waals surface area contributed by atoms with Crippen LogP contribution in [0.2, 0.25) is 0 Å². The molecule has 1 N–H and O–H groups in total. The molecule has 1 aliphatic heterocycles. The molecule has 4 rings (SSSR count). The number of methoxy groups -OCH3 is 1. The number of fused-ring (bicyclic) bond motifs is 1. The highest BCUT2D eigenvalue weighted by Gasteiger charge is 2.21. The summed E-state index contributed by atoms with van der Waals surface area (Å²) in [5, 5.41) is 12.0. The maximum atomic E-state index is 9.88. The summed E-state index contributed by atoms with van der Waals surface area (Å²) >= 11 is 0. The number of aliphatic hydroxyl groups is 1. The van der Waals surface area contributed by atoms with Gasteiger partial charge in [-0.25, -0.2) is 4.98 Å². The number of β-amino-alcohol motifs (C(OH)–C–C–N with tert-alkyl or cyclic N) is 1. The monoisotopic (exact) mass is 352 g/mol. The summed E-state index contributed by atoms with van der Waals surface area (Å²) in [4.78, 5) is 7.02. The van der Waals surface area contributed by atoms with Gasteiger partial charge >= 0.3 is 0 Å². The first-order chi connectivity index (χ1) is 12.7. The molecular formula is C21H24N2O3. The molecule has 26 heavy (non-hydrogen) atoms. The molecule has 2 aromatic carbocycles. The molecule has 0 amide bonds. The average molecular weight is 352 g/mol. The first-order valence-electron chi connectivity index (χ1n) is 9.08. The lowest BCUT2D eigenvalue weighted by Crippen LogP contribution is -2.37. The summed E-state index contributed by atoms with van der Waals surface area (Å²) in [6.07, 6.45) is 1.67. The van der Waals surface area contributed by atoms with E-state index in [2.05, 4.69) is 11.0 Å². The zero-order valence-corrected chi connectivity index (χ0v) is 15.2. The van der Waals surface area contributed by atoms with E-state index in [1.54, 1.807) is 7.11 Å². The predicted molar refractivity (Wildman–Crippen MR) is 101 cm³/mol. The summed E-state index contributed by atoms with van der Waals surface area (Å²) in [6, 6.07) is 12.1. The number of benzene rings is 2. The van der Waals surface area contributed by atoms with Gasteiger partial charge in [-0.05, 0) is 43.8 Å². The van der Waals surface area contributed by atoms with Gasteiger partial charge in [0.25, 0.3) is 0 Å². The van der Waals surface area contributed by atoms with Crippen molar-refractivity contribution in [3.05, 3.63) is 47.9 Å². The van der Waals surface area contributed by atoms with Crippen LogP contribution in [0.3, 0.4) is 0 Å². The highest BCUT2D eigenvalue weighted by atomic mass is 16.5. The van der Waals surface area contributed by atoms with E-state index in [0.29, 0.717) is 19.0 Å². The first-order valence-corrected chi connectivity index (χ1v) is 9.08. The Morgan fingerprint density at radius 1 is 1.23 bits per heavy atom. The number of ether oxygens (including phenoxy) is 1. The van der Waals surface area contributed by atoms with Crippen LogP contribution >= 0.6 is 0 Å². The standard InChI is InChI=1S/C21H24N2O3/c1-14-19(13-23-11-5-6-15(24)12-23)22-21(26-14)18-9-10-20(25-2)17-8-4-3-7-16(17)18/h3-4,7-10,15,24H,5-6,11-13H2,1-2H3/t15-/m0/s1. The van der Waals surface area contributed by atoms with Crippen LogP contribution < -0.4 is 4.74 Å². The number of hydrogen-bond acceptors (Lipinski definition) is 5. The summed E-state index contributed by atoms with van der Waals surface area (Å²) in [5.41, 5.74) is 1.91. The lowest BCUT2D eigenvalue weighted by Gasteiger charge is -2.29. The van der Waals surface area contributed by atoms with Gasteiger partial charge in [0, 0.05) is 24.0 Å². The number of aliphatic hydroxyl groups excluding tert-OH is 1. The summed E-state index contributed by atoms with van der Waals surface area (Å²) < 4.78 is 11.5. The van der Waals surface area contributed by atoms with Crippen LogP contribution in [0.25, 0.3) is 22.2 Å². The molecule has 5 heteroatoms. The van der Waals surface area contributed by atoms with E-state index in [-0.39, 0.29) is 6.10 Å². The van der Waals surface area contributed by atoms with Crippen molar-refractivity contribution in [3.8, 4) is 17.2 Å². The number of oxazole rings is 1. The third kappa shape index (κ3) is 3.20. The van der Waals surface area contributed by atoms with Crippen LogP contribution in [-0.2, 0) is 6.54 Å². The number of rotatable bonds is 4. The van der Waals surface area contributed by atoms with E-state index in [4.69, 9.17) is 14.1 Å². The number of aromatic nitrogens is 1. The van der Waals surface area contributed by atoms with E-state index in [9.17, 15) is 5.11 Å². The van der Waals surface area contributed by atoms with Crippen LogP contribution in [0.15, 0.2) is 40.8 Å². The molecule has 1 saturated heterocycles. The Hall–Kier alpha value is -2.37.